The van der Waals surface area contributed by atoms with Gasteiger partial charge in [0.1, 0.15) is 0 Å². The summed E-state index contributed by atoms with van der Waals surface area (Å²) >= 11 is 3.63. The van der Waals surface area contributed by atoms with Gasteiger partial charge >= 0.3 is 0 Å². The van der Waals surface area contributed by atoms with Crippen molar-refractivity contribution in [3.05, 3.63) is 40.7 Å². The molecule has 1 aromatic carbocycles. The van der Waals surface area contributed by atoms with Gasteiger partial charge in [0, 0.05) is 33.9 Å². The van der Waals surface area contributed by atoms with E-state index in [1.807, 2.05) is 30.0 Å². The Morgan fingerprint density at radius 3 is 2.62 bits per heavy atom. The van der Waals surface area contributed by atoms with Crippen molar-refractivity contribution >= 4 is 23.1 Å². The lowest BCUT2D eigenvalue weighted by atomic mass is 10.2. The summed E-state index contributed by atoms with van der Waals surface area (Å²) in [6.07, 6.45) is 0.872. The smallest absolute Gasteiger partial charge is 0.0948 e. The van der Waals surface area contributed by atoms with Crippen LogP contribution >= 0.6 is 23.1 Å². The molecule has 0 bridgehead atoms. The van der Waals surface area contributed by atoms with Gasteiger partial charge in [0.25, 0.3) is 0 Å². The second-order valence-electron chi connectivity index (χ2n) is 5.98. The summed E-state index contributed by atoms with van der Waals surface area (Å²) in [5.74, 6) is 6.67. The van der Waals surface area contributed by atoms with E-state index < -0.39 is 0 Å². The van der Waals surface area contributed by atoms with Crippen LogP contribution in [0.4, 0.5) is 0 Å². The van der Waals surface area contributed by atoms with E-state index in [4.69, 9.17) is 10.8 Å². The molecule has 0 aliphatic heterocycles. The van der Waals surface area contributed by atoms with Crippen molar-refractivity contribution in [3.63, 3.8) is 0 Å². The van der Waals surface area contributed by atoms with Gasteiger partial charge in [-0.3, -0.25) is 11.3 Å². The van der Waals surface area contributed by atoms with Crippen molar-refractivity contribution < 1.29 is 0 Å². The number of nitrogens with two attached hydrogens (primary N) is 1. The minimum atomic E-state index is 0.254. The van der Waals surface area contributed by atoms with E-state index >= 15 is 0 Å². The maximum atomic E-state index is 5.68. The highest BCUT2D eigenvalue weighted by atomic mass is 32.2. The van der Waals surface area contributed by atoms with Gasteiger partial charge < -0.3 is 0 Å². The summed E-state index contributed by atoms with van der Waals surface area (Å²) in [5, 5.41) is 3.25. The number of hydrogen-bond donors (Lipinski definition) is 2. The van der Waals surface area contributed by atoms with E-state index in [9.17, 15) is 0 Å². The zero-order valence-electron chi connectivity index (χ0n) is 12.8. The number of nitrogens with zero attached hydrogens (tertiary/aromatic N) is 1. The lowest BCUT2D eigenvalue weighted by molar-refractivity contribution is 0.572. The van der Waals surface area contributed by atoms with Crippen LogP contribution in [0.2, 0.25) is 0 Å². The molecule has 0 aliphatic rings. The van der Waals surface area contributed by atoms with Crippen LogP contribution in [0.3, 0.4) is 0 Å². The second kappa shape index (κ2) is 7.40. The number of thioether (sulfide) groups is 1. The van der Waals surface area contributed by atoms with Crippen LogP contribution in [-0.2, 0) is 6.42 Å². The fraction of sp³-hybridized carbons (Fsp3) is 0.438. The molecule has 1 atom stereocenters. The molecule has 5 heteroatoms. The summed E-state index contributed by atoms with van der Waals surface area (Å²) in [6, 6.07) is 10.5. The van der Waals surface area contributed by atoms with Crippen molar-refractivity contribution in [2.24, 2.45) is 5.84 Å². The molecule has 3 N–H and O–H groups in total. The molecule has 2 aromatic rings. The highest BCUT2D eigenvalue weighted by Crippen LogP contribution is 2.26. The molecule has 0 saturated heterocycles. The Hall–Kier alpha value is -0.880. The first-order valence-corrected chi connectivity index (χ1v) is 8.94. The molecule has 0 saturated carbocycles. The van der Waals surface area contributed by atoms with E-state index in [-0.39, 0.29) is 10.8 Å². The summed E-state index contributed by atoms with van der Waals surface area (Å²) in [7, 11) is 0. The van der Waals surface area contributed by atoms with E-state index in [2.05, 4.69) is 43.7 Å². The zero-order valence-corrected chi connectivity index (χ0v) is 14.4. The fourth-order valence-electron chi connectivity index (χ4n) is 1.87. The fourth-order valence-corrected chi connectivity index (χ4v) is 3.67. The molecule has 3 nitrogen and oxygen atoms in total. The van der Waals surface area contributed by atoms with Crippen molar-refractivity contribution in [1.29, 1.82) is 0 Å². The third kappa shape index (κ3) is 5.43. The predicted molar refractivity (Wildman–Crippen MR) is 94.6 cm³/mol. The van der Waals surface area contributed by atoms with E-state index in [1.54, 1.807) is 11.3 Å². The summed E-state index contributed by atoms with van der Waals surface area (Å²) < 4.78 is 0.257. The average molecular weight is 322 g/mol. The van der Waals surface area contributed by atoms with Gasteiger partial charge in [0.15, 0.2) is 0 Å². The predicted octanol–water partition coefficient (Wildman–Crippen LogP) is 3.72. The highest BCUT2D eigenvalue weighted by molar-refractivity contribution is 8.00. The van der Waals surface area contributed by atoms with Crippen LogP contribution in [0, 0.1) is 0 Å². The number of thiazole rings is 1. The normalized spacial score (nSPS) is 13.3. The van der Waals surface area contributed by atoms with E-state index in [0.29, 0.717) is 0 Å². The van der Waals surface area contributed by atoms with Crippen LogP contribution in [-0.4, -0.2) is 21.5 Å². The van der Waals surface area contributed by atoms with Gasteiger partial charge in [-0.2, -0.15) is 11.8 Å². The van der Waals surface area contributed by atoms with Crippen LogP contribution < -0.4 is 11.3 Å². The Balaban J connectivity index is 1.98. The highest BCUT2D eigenvalue weighted by Gasteiger charge is 2.16. The Morgan fingerprint density at radius 1 is 1.29 bits per heavy atom. The van der Waals surface area contributed by atoms with Crippen molar-refractivity contribution in [2.45, 2.75) is 38.0 Å². The molecule has 1 heterocycles. The molecule has 1 aromatic heterocycles. The maximum Gasteiger partial charge on any atom is 0.0948 e. The minimum Gasteiger partial charge on any atom is -0.271 e. The number of hydrogen-bond acceptors (Lipinski definition) is 5. The lowest BCUT2D eigenvalue weighted by Gasteiger charge is -2.21. The molecule has 2 rings (SSSR count). The van der Waals surface area contributed by atoms with Crippen LogP contribution in [0.25, 0.3) is 11.3 Å². The first-order chi connectivity index (χ1) is 9.98. The van der Waals surface area contributed by atoms with Gasteiger partial charge in [-0.1, -0.05) is 51.1 Å². The Bertz CT molecular complexity index is 546. The number of benzene rings is 1. The van der Waals surface area contributed by atoms with E-state index in [1.165, 1.54) is 5.56 Å². The number of aromatic nitrogens is 1. The molecule has 114 valence electrons. The molecule has 1 unspecified atom stereocenters. The van der Waals surface area contributed by atoms with Crippen LogP contribution in [0.1, 0.15) is 25.8 Å². The van der Waals surface area contributed by atoms with Crippen LogP contribution in [0.15, 0.2) is 35.7 Å². The van der Waals surface area contributed by atoms with Crippen molar-refractivity contribution in [1.82, 2.24) is 10.4 Å². The minimum absolute atomic E-state index is 0.254. The number of rotatable bonds is 6. The third-order valence-corrected chi connectivity index (χ3v) is 5.30. The monoisotopic (exact) mass is 321 g/mol. The zero-order chi connectivity index (χ0) is 15.3. The SMILES string of the molecule is CC(C)(C)SCC(Cc1nc(-c2ccccc2)cs1)NN. The Kier molecular flexibility index (Phi) is 5.81. The molecular formula is C16H23N3S2. The van der Waals surface area contributed by atoms with E-state index in [0.717, 1.165) is 22.9 Å². The average Bonchev–Trinajstić information content (AvgIpc) is 2.92. The molecule has 0 amide bonds. The quantitative estimate of drug-likeness (QED) is 0.629. The van der Waals surface area contributed by atoms with Gasteiger partial charge in [-0.05, 0) is 0 Å². The number of hydrazine groups is 1. The first kappa shape index (κ1) is 16.5. The maximum absolute atomic E-state index is 5.68. The Morgan fingerprint density at radius 2 is 2.00 bits per heavy atom. The van der Waals surface area contributed by atoms with Gasteiger partial charge in [0.2, 0.25) is 0 Å². The summed E-state index contributed by atoms with van der Waals surface area (Å²) in [6.45, 7) is 6.67. The largest absolute Gasteiger partial charge is 0.271 e. The molecular weight excluding hydrogens is 298 g/mol. The van der Waals surface area contributed by atoms with Gasteiger partial charge in [0.05, 0.1) is 10.7 Å². The molecule has 0 radical (unpaired) electrons. The van der Waals surface area contributed by atoms with Crippen LogP contribution in [0.5, 0.6) is 0 Å². The van der Waals surface area contributed by atoms with Crippen molar-refractivity contribution in [2.75, 3.05) is 5.75 Å². The van der Waals surface area contributed by atoms with Gasteiger partial charge in [-0.25, -0.2) is 4.98 Å². The first-order valence-electron chi connectivity index (χ1n) is 7.08. The van der Waals surface area contributed by atoms with Gasteiger partial charge in [-0.15, -0.1) is 11.3 Å². The standard InChI is InChI=1S/C16H23N3S2/c1-16(2,3)21-10-13(19-17)9-15-18-14(11-20-15)12-7-5-4-6-8-12/h4-8,11,13,19H,9-10,17H2,1-3H3. The third-order valence-electron chi connectivity index (χ3n) is 3.00. The molecule has 0 aliphatic carbocycles. The Labute approximate surface area is 135 Å². The molecule has 0 fully saturated rings. The summed E-state index contributed by atoms with van der Waals surface area (Å²) in [4.78, 5) is 4.73. The lowest BCUT2D eigenvalue weighted by Crippen LogP contribution is -2.39. The molecule has 21 heavy (non-hydrogen) atoms. The van der Waals surface area contributed by atoms with Crippen molar-refractivity contribution in [3.8, 4) is 11.3 Å². The number of nitrogens with one attached hydrogen (secondary N) is 1. The summed E-state index contributed by atoms with van der Waals surface area (Å²) in [5.41, 5.74) is 5.14. The topological polar surface area (TPSA) is 50.9 Å². The second-order valence-corrected chi connectivity index (χ2v) is 8.77. The molecule has 0 spiro atoms.